The molecule has 0 aliphatic carbocycles. The molecule has 2 heterocycles. The quantitative estimate of drug-likeness (QED) is 0.0487. The van der Waals surface area contributed by atoms with E-state index in [9.17, 15) is 19.2 Å². The number of carbonyl (C=O) groups is 4. The Hall–Kier alpha value is -5.15. The third-order valence-electron chi connectivity index (χ3n) is 13.2. The van der Waals surface area contributed by atoms with Gasteiger partial charge in [-0.05, 0) is 116 Å². The number of nitrogens with zero attached hydrogens (tertiary/aromatic N) is 2. The molecule has 0 saturated heterocycles. The van der Waals surface area contributed by atoms with E-state index in [1.807, 2.05) is 50.2 Å². The van der Waals surface area contributed by atoms with Crippen molar-refractivity contribution in [3.8, 4) is 11.5 Å². The van der Waals surface area contributed by atoms with Crippen molar-refractivity contribution in [2.45, 2.75) is 136 Å². The lowest BCUT2D eigenvalue weighted by Crippen LogP contribution is -2.42. The molecule has 0 aliphatic rings. The maximum Gasteiger partial charge on any atom is 0.262 e. The maximum atomic E-state index is 13.4. The van der Waals surface area contributed by atoms with Gasteiger partial charge in [0, 0.05) is 64.1 Å². The first-order valence-corrected chi connectivity index (χ1v) is 33.1. The van der Waals surface area contributed by atoms with Crippen LogP contribution in [0.2, 0.25) is 54.9 Å². The molecule has 2 amide bonds. The third-order valence-corrected chi connectivity index (χ3v) is 18.4. The first-order chi connectivity index (χ1) is 33.8. The van der Waals surface area contributed by atoms with Gasteiger partial charge in [-0.3, -0.25) is 28.3 Å². The molecule has 0 spiro atoms. The molecule has 0 aliphatic heterocycles. The van der Waals surface area contributed by atoms with Crippen LogP contribution >= 0.6 is 23.2 Å². The highest BCUT2D eigenvalue weighted by atomic mass is 35.5. The Labute approximate surface area is 434 Å². The van der Waals surface area contributed by atoms with E-state index in [-0.39, 0.29) is 36.5 Å². The number of fused-ring (bicyclic) bond motifs is 2. The van der Waals surface area contributed by atoms with E-state index in [4.69, 9.17) is 32.7 Å². The summed E-state index contributed by atoms with van der Waals surface area (Å²) in [5.41, 5.74) is 5.81. The zero-order valence-electron chi connectivity index (χ0n) is 43.8. The van der Waals surface area contributed by atoms with Gasteiger partial charge < -0.3 is 20.1 Å². The predicted molar refractivity (Wildman–Crippen MR) is 300 cm³/mol. The van der Waals surface area contributed by atoms with E-state index in [1.165, 1.54) is 57.0 Å². The molecule has 382 valence electrons. The Balaban J connectivity index is 0.000000264. The first-order valence-electron chi connectivity index (χ1n) is 25.3. The lowest BCUT2D eigenvalue weighted by atomic mass is 10.1. The fraction of sp³-hybridized carbons (Fsp3) is 0.439. The standard InChI is InChI=1S/C29H39ClN2O3Si.C28H37ClN2O3Si/c1-21-25(20-28(33)31-17-9-7-6-8-10-18-36(3,4)5)26-19-24(35-2)15-16-27(26)32(21)29(34)22-11-13-23(30)14-12-22;1-6-7-8-9-16-35(4,5)19-30-27(32)18-24-20(2)31(26-15-14-23(34-3)17-25(24)26)28(33)21-10-12-22(29)13-11-21/h11-16,19H,6-10,17-18,20H2,1-5H3,(H,31,33);10-15,17H,6-9,16,18-19H2,1-5H3,(H,30,32). The van der Waals surface area contributed by atoms with Gasteiger partial charge in [-0.2, -0.15) is 0 Å². The van der Waals surface area contributed by atoms with Crippen LogP contribution in [0.25, 0.3) is 21.8 Å². The summed E-state index contributed by atoms with van der Waals surface area (Å²) in [4.78, 5) is 52.7. The molecule has 0 radical (unpaired) electrons. The molecular weight excluding hydrogens is 964 g/mol. The van der Waals surface area contributed by atoms with Crippen LogP contribution in [0.4, 0.5) is 0 Å². The molecule has 14 heteroatoms. The SMILES string of the molecule is CCCCCC[Si](C)(C)CNC(=O)Cc1c(C)n(C(=O)c2ccc(Cl)cc2)c2ccc(OC)cc12.COc1ccc2c(c1)c(CC(=O)NCCCCCCC[Si](C)(C)C)c(C)n2C(=O)c1ccc(Cl)cc1. The van der Waals surface area contributed by atoms with Crippen molar-refractivity contribution < 1.29 is 28.7 Å². The van der Waals surface area contributed by atoms with Gasteiger partial charge in [-0.25, -0.2) is 0 Å². The van der Waals surface area contributed by atoms with Gasteiger partial charge >= 0.3 is 0 Å². The monoisotopic (exact) mass is 1040 g/mol. The molecule has 6 aromatic rings. The summed E-state index contributed by atoms with van der Waals surface area (Å²) < 4.78 is 14.2. The van der Waals surface area contributed by atoms with Crippen LogP contribution in [0.15, 0.2) is 84.9 Å². The summed E-state index contributed by atoms with van der Waals surface area (Å²) in [6.45, 7) is 18.6. The molecule has 2 aromatic heterocycles. The Morgan fingerprint density at radius 1 is 0.549 bits per heavy atom. The average molecular weight is 1040 g/mol. The van der Waals surface area contributed by atoms with Crippen molar-refractivity contribution in [3.63, 3.8) is 0 Å². The molecule has 0 unspecified atom stereocenters. The van der Waals surface area contributed by atoms with Crippen LogP contribution in [0.5, 0.6) is 11.5 Å². The van der Waals surface area contributed by atoms with E-state index in [1.54, 1.807) is 71.9 Å². The highest BCUT2D eigenvalue weighted by Crippen LogP contribution is 2.33. The summed E-state index contributed by atoms with van der Waals surface area (Å²) in [6, 6.07) is 27.6. The molecule has 2 N–H and O–H groups in total. The second-order valence-corrected chi connectivity index (χ2v) is 32.4. The topological polar surface area (TPSA) is 121 Å². The highest BCUT2D eigenvalue weighted by molar-refractivity contribution is 6.77. The number of benzene rings is 4. The van der Waals surface area contributed by atoms with Crippen molar-refractivity contribution in [1.29, 1.82) is 0 Å². The molecule has 6 rings (SSSR count). The van der Waals surface area contributed by atoms with Gasteiger partial charge in [-0.1, -0.05) is 126 Å². The summed E-state index contributed by atoms with van der Waals surface area (Å²) >= 11 is 12.0. The summed E-state index contributed by atoms with van der Waals surface area (Å²) in [5.74, 6) is 1.03. The van der Waals surface area contributed by atoms with E-state index in [0.29, 0.717) is 39.2 Å². The van der Waals surface area contributed by atoms with E-state index < -0.39 is 16.1 Å². The Bertz CT molecular complexity index is 2760. The number of halogens is 2. The smallest absolute Gasteiger partial charge is 0.262 e. The Morgan fingerprint density at radius 2 is 0.972 bits per heavy atom. The molecule has 71 heavy (non-hydrogen) atoms. The predicted octanol–water partition coefficient (Wildman–Crippen LogP) is 14.0. The normalized spacial score (nSPS) is 11.6. The summed E-state index contributed by atoms with van der Waals surface area (Å²) in [7, 11) is 0.793. The summed E-state index contributed by atoms with van der Waals surface area (Å²) in [6.07, 6.45) is 12.2. The molecule has 10 nitrogen and oxygen atoms in total. The Morgan fingerprint density at radius 3 is 1.42 bits per heavy atom. The number of rotatable bonds is 23. The van der Waals surface area contributed by atoms with E-state index in [2.05, 4.69) is 50.3 Å². The third kappa shape index (κ3) is 16.2. The van der Waals surface area contributed by atoms with Crippen molar-refractivity contribution in [1.82, 2.24) is 19.8 Å². The second-order valence-electron chi connectivity index (χ2n) is 20.7. The van der Waals surface area contributed by atoms with Crippen LogP contribution in [0.3, 0.4) is 0 Å². The number of hydrogen-bond acceptors (Lipinski definition) is 6. The largest absolute Gasteiger partial charge is 0.497 e. The number of amides is 2. The number of nitrogens with one attached hydrogen (secondary N) is 2. The van der Waals surface area contributed by atoms with Crippen LogP contribution in [-0.4, -0.2) is 75.8 Å². The fourth-order valence-corrected chi connectivity index (χ4v) is 12.7. The van der Waals surface area contributed by atoms with Gasteiger partial charge in [0.05, 0.1) is 46.2 Å². The first kappa shape index (κ1) is 56.8. The molecule has 0 bridgehead atoms. The Kier molecular flexibility index (Phi) is 21.2. The second kappa shape index (κ2) is 26.5. The van der Waals surface area contributed by atoms with Crippen molar-refractivity contribution >= 4 is 84.8 Å². The number of ether oxygens (including phenoxy) is 2. The van der Waals surface area contributed by atoms with Crippen LogP contribution in [0.1, 0.15) is 108 Å². The van der Waals surface area contributed by atoms with E-state index >= 15 is 0 Å². The minimum Gasteiger partial charge on any atom is -0.497 e. The van der Waals surface area contributed by atoms with Crippen molar-refractivity contribution in [3.05, 3.63) is 129 Å². The van der Waals surface area contributed by atoms with Crippen molar-refractivity contribution in [2.24, 2.45) is 0 Å². The number of methoxy groups -OCH3 is 2. The zero-order valence-corrected chi connectivity index (χ0v) is 47.3. The fourth-order valence-electron chi connectivity index (χ4n) is 9.03. The minimum atomic E-state index is -1.50. The lowest BCUT2D eigenvalue weighted by Gasteiger charge is -2.22. The number of aromatic nitrogens is 2. The minimum absolute atomic E-state index is 0.0111. The van der Waals surface area contributed by atoms with Gasteiger partial charge in [-0.15, -0.1) is 0 Å². The van der Waals surface area contributed by atoms with Gasteiger partial charge in [0.25, 0.3) is 11.8 Å². The highest BCUT2D eigenvalue weighted by Gasteiger charge is 2.26. The molecule has 0 saturated carbocycles. The number of unbranched alkanes of at least 4 members (excludes halogenated alkanes) is 7. The maximum absolute atomic E-state index is 13.4. The van der Waals surface area contributed by atoms with Crippen LogP contribution in [-0.2, 0) is 22.4 Å². The van der Waals surface area contributed by atoms with Gasteiger partial charge in [0.15, 0.2) is 0 Å². The van der Waals surface area contributed by atoms with Gasteiger partial charge in [0.2, 0.25) is 11.8 Å². The average Bonchev–Trinajstić information content (AvgIpc) is 3.77. The summed E-state index contributed by atoms with van der Waals surface area (Å²) in [5, 5.41) is 9.13. The zero-order chi connectivity index (χ0) is 51.9. The van der Waals surface area contributed by atoms with Crippen LogP contribution in [0, 0.1) is 13.8 Å². The molecule has 0 fully saturated rings. The molecule has 0 atom stereocenters. The van der Waals surface area contributed by atoms with E-state index in [0.717, 1.165) is 63.3 Å². The number of carbonyl (C=O) groups excluding carboxylic acids is 4. The van der Waals surface area contributed by atoms with Gasteiger partial charge in [0.1, 0.15) is 11.5 Å². The number of hydrogen-bond donors (Lipinski definition) is 2. The molecule has 4 aromatic carbocycles. The molecular formula is C57H76Cl2N4O6Si2. The lowest BCUT2D eigenvalue weighted by molar-refractivity contribution is -0.121. The van der Waals surface area contributed by atoms with Crippen LogP contribution < -0.4 is 20.1 Å². The van der Waals surface area contributed by atoms with Crippen molar-refractivity contribution in [2.75, 3.05) is 26.9 Å².